The summed E-state index contributed by atoms with van der Waals surface area (Å²) in [6, 6.07) is 14.3. The number of nitrogens with zero attached hydrogens (tertiary/aromatic N) is 3. The second-order valence-electron chi connectivity index (χ2n) is 8.57. The van der Waals surface area contributed by atoms with Crippen LogP contribution in [-0.2, 0) is 20.1 Å². The molecule has 3 N–H and O–H groups in total. The molecular formula is C25H29FN4O3+2. The number of fused-ring (bicyclic) bond motifs is 1. The Morgan fingerprint density at radius 2 is 1.85 bits per heavy atom. The van der Waals surface area contributed by atoms with E-state index in [1.54, 1.807) is 19.2 Å². The van der Waals surface area contributed by atoms with Gasteiger partial charge in [0.15, 0.2) is 0 Å². The molecular weight excluding hydrogens is 423 g/mol. The van der Waals surface area contributed by atoms with Gasteiger partial charge in [0, 0.05) is 20.0 Å². The van der Waals surface area contributed by atoms with Gasteiger partial charge in [0.25, 0.3) is 17.0 Å². The van der Waals surface area contributed by atoms with Crippen molar-refractivity contribution in [3.8, 4) is 11.4 Å². The van der Waals surface area contributed by atoms with E-state index in [1.165, 1.54) is 21.3 Å². The summed E-state index contributed by atoms with van der Waals surface area (Å²) in [5.74, 6) is 0.696. The second-order valence-corrected chi connectivity index (χ2v) is 8.57. The lowest BCUT2D eigenvalue weighted by atomic mass is 10.0. The molecule has 0 atom stereocenters. The Morgan fingerprint density at radius 1 is 1.12 bits per heavy atom. The number of aryl methyl sites for hydroxylation is 1. The number of benzene rings is 2. The first kappa shape index (κ1) is 22.7. The van der Waals surface area contributed by atoms with E-state index in [-0.39, 0.29) is 19.0 Å². The lowest BCUT2D eigenvalue weighted by Crippen LogP contribution is -2.45. The van der Waals surface area contributed by atoms with Gasteiger partial charge >= 0.3 is 11.2 Å². The third-order valence-corrected chi connectivity index (χ3v) is 5.94. The molecule has 0 aliphatic rings. The SMILES string of the molecule is CC(C)c1cccc(-c2[nH]c3c(c(=O)n(CCC[OH2+])c(=O)n3C)[n+]2Cc2ccc(F)cc2)c1. The average molecular weight is 453 g/mol. The van der Waals surface area contributed by atoms with Crippen LogP contribution >= 0.6 is 0 Å². The van der Waals surface area contributed by atoms with E-state index in [1.807, 2.05) is 16.7 Å². The van der Waals surface area contributed by atoms with E-state index in [4.69, 9.17) is 5.11 Å². The number of halogens is 1. The summed E-state index contributed by atoms with van der Waals surface area (Å²) in [6.45, 7) is 4.87. The van der Waals surface area contributed by atoms with Crippen molar-refractivity contribution >= 4 is 11.2 Å². The smallest absolute Gasteiger partial charge is 0.334 e. The van der Waals surface area contributed by atoms with Crippen molar-refractivity contribution in [3.05, 3.63) is 86.3 Å². The van der Waals surface area contributed by atoms with E-state index in [2.05, 4.69) is 31.0 Å². The number of aromatic nitrogens is 4. The van der Waals surface area contributed by atoms with Crippen LogP contribution in [0.2, 0.25) is 0 Å². The standard InChI is InChI=1S/C25H27FN4O3/c1-16(2)18-6-4-7-19(14-18)22-27-23-21(30(22)15-17-8-10-20(26)11-9-17)24(32)29(12-5-13-31)25(33)28(23)3/h4,6-11,14,16,31H,5,12-13,15H2,1-3H3/p+2. The van der Waals surface area contributed by atoms with Crippen LogP contribution in [0.5, 0.6) is 0 Å². The van der Waals surface area contributed by atoms with Crippen LogP contribution in [0.1, 0.15) is 37.3 Å². The van der Waals surface area contributed by atoms with Crippen molar-refractivity contribution in [2.75, 3.05) is 6.61 Å². The lowest BCUT2D eigenvalue weighted by Gasteiger charge is -2.08. The number of H-pyrrole nitrogens is 1. The molecule has 4 rings (SSSR count). The van der Waals surface area contributed by atoms with Crippen LogP contribution in [0, 0.1) is 5.82 Å². The molecule has 0 saturated carbocycles. The zero-order valence-corrected chi connectivity index (χ0v) is 19.1. The van der Waals surface area contributed by atoms with E-state index < -0.39 is 11.2 Å². The highest BCUT2D eigenvalue weighted by molar-refractivity contribution is 5.70. The number of aromatic amines is 1. The highest BCUT2D eigenvalue weighted by Crippen LogP contribution is 2.23. The molecule has 172 valence electrons. The Hall–Kier alpha value is -3.52. The predicted molar refractivity (Wildman–Crippen MR) is 126 cm³/mol. The van der Waals surface area contributed by atoms with Crippen molar-refractivity contribution in [1.82, 2.24) is 14.1 Å². The molecule has 0 spiro atoms. The third-order valence-electron chi connectivity index (χ3n) is 5.94. The van der Waals surface area contributed by atoms with Crippen molar-refractivity contribution < 1.29 is 14.1 Å². The van der Waals surface area contributed by atoms with E-state index in [0.717, 1.165) is 16.7 Å². The fourth-order valence-electron chi connectivity index (χ4n) is 4.07. The largest absolute Gasteiger partial charge is 0.445 e. The number of nitrogens with one attached hydrogen (secondary N) is 1. The van der Waals surface area contributed by atoms with Crippen LogP contribution in [0.25, 0.3) is 22.6 Å². The summed E-state index contributed by atoms with van der Waals surface area (Å²) in [4.78, 5) is 29.7. The predicted octanol–water partition coefficient (Wildman–Crippen LogP) is 2.41. The number of imidazole rings is 1. The third kappa shape index (κ3) is 4.26. The summed E-state index contributed by atoms with van der Waals surface area (Å²) in [5.41, 5.74) is 2.86. The van der Waals surface area contributed by atoms with Gasteiger partial charge < -0.3 is 5.11 Å². The molecule has 0 amide bonds. The topological polar surface area (TPSA) is 86.6 Å². The monoisotopic (exact) mass is 452 g/mol. The Bertz CT molecular complexity index is 1410. The summed E-state index contributed by atoms with van der Waals surface area (Å²) in [7, 11) is 1.63. The Balaban J connectivity index is 2.02. The van der Waals surface area contributed by atoms with Gasteiger partial charge in [0.1, 0.15) is 19.0 Å². The molecule has 2 heterocycles. The van der Waals surface area contributed by atoms with Gasteiger partial charge in [-0.15, -0.1) is 0 Å². The summed E-state index contributed by atoms with van der Waals surface area (Å²) < 4.78 is 18.0. The van der Waals surface area contributed by atoms with Gasteiger partial charge in [0.2, 0.25) is 0 Å². The molecule has 0 saturated heterocycles. The Labute approximate surface area is 190 Å². The minimum Gasteiger partial charge on any atom is -0.445 e. The molecule has 2 aromatic carbocycles. The van der Waals surface area contributed by atoms with Crippen molar-refractivity contribution in [2.24, 2.45) is 7.05 Å². The van der Waals surface area contributed by atoms with Crippen molar-refractivity contribution in [1.29, 1.82) is 0 Å². The first-order chi connectivity index (χ1) is 15.8. The maximum Gasteiger partial charge on any atom is 0.334 e. The van der Waals surface area contributed by atoms with Crippen LogP contribution in [0.4, 0.5) is 4.39 Å². The highest BCUT2D eigenvalue weighted by Gasteiger charge is 2.28. The lowest BCUT2D eigenvalue weighted by molar-refractivity contribution is -0.651. The van der Waals surface area contributed by atoms with Crippen LogP contribution < -0.4 is 15.8 Å². The van der Waals surface area contributed by atoms with E-state index in [0.29, 0.717) is 35.9 Å². The van der Waals surface area contributed by atoms with Gasteiger partial charge in [0.05, 0.1) is 5.56 Å². The maximum absolute atomic E-state index is 13.5. The Kier molecular flexibility index (Phi) is 6.29. The van der Waals surface area contributed by atoms with Crippen molar-refractivity contribution in [2.45, 2.75) is 39.3 Å². The quantitative estimate of drug-likeness (QED) is 0.345. The molecule has 33 heavy (non-hydrogen) atoms. The molecule has 0 fully saturated rings. The molecule has 8 heteroatoms. The Morgan fingerprint density at radius 3 is 2.52 bits per heavy atom. The fourth-order valence-corrected chi connectivity index (χ4v) is 4.07. The highest BCUT2D eigenvalue weighted by atomic mass is 19.1. The minimum atomic E-state index is -0.418. The summed E-state index contributed by atoms with van der Waals surface area (Å²) in [6.07, 6.45) is 0.409. The fraction of sp³-hybridized carbons (Fsp3) is 0.320. The molecule has 7 nitrogen and oxygen atoms in total. The van der Waals surface area contributed by atoms with Gasteiger partial charge in [-0.05, 0) is 41.3 Å². The molecule has 4 aromatic rings. The zero-order chi connectivity index (χ0) is 23.7. The minimum absolute atomic E-state index is 0.129. The number of rotatable bonds is 7. The molecule has 0 bridgehead atoms. The van der Waals surface area contributed by atoms with Crippen LogP contribution in [-0.4, -0.2) is 25.8 Å². The summed E-state index contributed by atoms with van der Waals surface area (Å²) >= 11 is 0. The zero-order valence-electron chi connectivity index (χ0n) is 19.1. The second kappa shape index (κ2) is 9.15. The molecule has 0 unspecified atom stereocenters. The number of hydrogen-bond donors (Lipinski definition) is 1. The van der Waals surface area contributed by atoms with Crippen LogP contribution in [0.3, 0.4) is 0 Å². The van der Waals surface area contributed by atoms with E-state index in [9.17, 15) is 14.0 Å². The first-order valence-corrected chi connectivity index (χ1v) is 11.1. The molecule has 2 aromatic heterocycles. The normalized spacial score (nSPS) is 11.6. The van der Waals surface area contributed by atoms with Gasteiger partial charge in [-0.2, -0.15) is 0 Å². The first-order valence-electron chi connectivity index (χ1n) is 11.1. The maximum atomic E-state index is 13.5. The van der Waals surface area contributed by atoms with Crippen molar-refractivity contribution in [3.63, 3.8) is 0 Å². The molecule has 0 aliphatic carbocycles. The van der Waals surface area contributed by atoms with Gasteiger partial charge in [-0.25, -0.2) is 18.7 Å². The molecule has 0 radical (unpaired) electrons. The number of hydrogen-bond acceptors (Lipinski definition) is 2. The average Bonchev–Trinajstić information content (AvgIpc) is 3.18. The van der Waals surface area contributed by atoms with Crippen LogP contribution in [0.15, 0.2) is 58.1 Å². The van der Waals surface area contributed by atoms with Gasteiger partial charge in [-0.3, -0.25) is 13.9 Å². The van der Waals surface area contributed by atoms with Gasteiger partial charge in [-0.1, -0.05) is 38.1 Å². The summed E-state index contributed by atoms with van der Waals surface area (Å²) in [5, 5.41) is 7.42. The molecule has 0 aliphatic heterocycles. The van der Waals surface area contributed by atoms with E-state index >= 15 is 0 Å².